The van der Waals surface area contributed by atoms with E-state index in [4.69, 9.17) is 5.11 Å². The molecule has 0 unspecified atom stereocenters. The van der Waals surface area contributed by atoms with Gasteiger partial charge in [-0.1, -0.05) is 19.1 Å². The summed E-state index contributed by atoms with van der Waals surface area (Å²) in [5, 5.41) is 8.68. The smallest absolute Gasteiger partial charge is 0.240 e. The number of benzene rings is 1. The average molecular weight is 243 g/mol. The van der Waals surface area contributed by atoms with Crippen LogP contribution in [0.1, 0.15) is 18.9 Å². The minimum Gasteiger partial charge on any atom is -0.396 e. The van der Waals surface area contributed by atoms with E-state index in [1.807, 2.05) is 0 Å². The maximum Gasteiger partial charge on any atom is 0.240 e. The van der Waals surface area contributed by atoms with Crippen LogP contribution >= 0.6 is 0 Å². The van der Waals surface area contributed by atoms with Crippen LogP contribution in [0.2, 0.25) is 0 Å². The van der Waals surface area contributed by atoms with Crippen LogP contribution in [0, 0.1) is 0 Å². The van der Waals surface area contributed by atoms with Crippen LogP contribution in [-0.2, 0) is 16.4 Å². The highest BCUT2D eigenvalue weighted by atomic mass is 32.2. The Balaban J connectivity index is 2.78. The lowest BCUT2D eigenvalue weighted by Crippen LogP contribution is -2.23. The highest BCUT2D eigenvalue weighted by Crippen LogP contribution is 2.11. The first-order chi connectivity index (χ1) is 7.60. The number of aliphatic hydroxyl groups excluding tert-OH is 1. The molecule has 0 bridgehead atoms. The zero-order valence-corrected chi connectivity index (χ0v) is 10.1. The molecule has 0 atom stereocenters. The lowest BCUT2D eigenvalue weighted by molar-refractivity contribution is 0.288. The fraction of sp³-hybridized carbons (Fsp3) is 0.455. The topological polar surface area (TPSA) is 66.4 Å². The van der Waals surface area contributed by atoms with Gasteiger partial charge in [0.05, 0.1) is 4.90 Å². The number of hydrogen-bond acceptors (Lipinski definition) is 3. The first kappa shape index (κ1) is 13.2. The van der Waals surface area contributed by atoms with Crippen LogP contribution in [0.25, 0.3) is 0 Å². The molecule has 0 spiro atoms. The van der Waals surface area contributed by atoms with Gasteiger partial charge in [0.25, 0.3) is 0 Å². The van der Waals surface area contributed by atoms with Gasteiger partial charge < -0.3 is 5.11 Å². The van der Waals surface area contributed by atoms with E-state index in [0.29, 0.717) is 13.0 Å². The van der Waals surface area contributed by atoms with Crippen LogP contribution in [0.5, 0.6) is 0 Å². The average Bonchev–Trinajstić information content (AvgIpc) is 2.27. The molecule has 1 aromatic rings. The fourth-order valence-electron chi connectivity index (χ4n) is 1.39. The molecule has 1 aromatic carbocycles. The van der Waals surface area contributed by atoms with Crippen LogP contribution in [-0.4, -0.2) is 26.7 Å². The number of nitrogens with one attached hydrogen (secondary N) is 1. The molecule has 2 N–H and O–H groups in total. The summed E-state index contributed by atoms with van der Waals surface area (Å²) in [4.78, 5) is 0.280. The van der Waals surface area contributed by atoms with Gasteiger partial charge in [-0.15, -0.1) is 0 Å². The zero-order chi connectivity index (χ0) is 12.0. The van der Waals surface area contributed by atoms with Crippen molar-refractivity contribution in [3.05, 3.63) is 29.8 Å². The molecule has 0 amide bonds. The fourth-order valence-corrected chi connectivity index (χ4v) is 2.43. The van der Waals surface area contributed by atoms with E-state index in [2.05, 4.69) is 4.72 Å². The van der Waals surface area contributed by atoms with Gasteiger partial charge in [-0.3, -0.25) is 0 Å². The van der Waals surface area contributed by atoms with Crippen molar-refractivity contribution in [1.82, 2.24) is 4.72 Å². The van der Waals surface area contributed by atoms with Gasteiger partial charge in [-0.25, -0.2) is 13.1 Å². The molecule has 0 radical (unpaired) electrons. The van der Waals surface area contributed by atoms with E-state index in [9.17, 15) is 8.42 Å². The van der Waals surface area contributed by atoms with Gasteiger partial charge in [0.2, 0.25) is 10.0 Å². The minimum atomic E-state index is -3.35. The van der Waals surface area contributed by atoms with E-state index < -0.39 is 10.0 Å². The molecule has 1 rings (SSSR count). The summed E-state index contributed by atoms with van der Waals surface area (Å²) in [5.41, 5.74) is 1.03. The number of sulfonamides is 1. The first-order valence-electron chi connectivity index (χ1n) is 5.29. The van der Waals surface area contributed by atoms with Crippen LogP contribution in [0.3, 0.4) is 0 Å². The molecule has 0 heterocycles. The Morgan fingerprint density at radius 3 is 2.38 bits per heavy atom. The third kappa shape index (κ3) is 3.59. The maximum atomic E-state index is 11.6. The summed E-state index contributed by atoms with van der Waals surface area (Å²) in [7, 11) is -3.35. The highest BCUT2D eigenvalue weighted by Gasteiger charge is 2.11. The second kappa shape index (κ2) is 5.98. The Bertz CT molecular complexity index is 411. The molecule has 0 aliphatic carbocycles. The maximum absolute atomic E-state index is 11.6. The number of aryl methyl sites for hydroxylation is 1. The van der Waals surface area contributed by atoms with Crippen LogP contribution in [0.4, 0.5) is 0 Å². The van der Waals surface area contributed by atoms with Gasteiger partial charge in [-0.2, -0.15) is 0 Å². The Hall–Kier alpha value is -0.910. The van der Waals surface area contributed by atoms with Crippen molar-refractivity contribution in [3.63, 3.8) is 0 Å². The quantitative estimate of drug-likeness (QED) is 0.780. The molecule has 0 aliphatic rings. The summed E-state index contributed by atoms with van der Waals surface area (Å²) in [6.45, 7) is 2.28. The molecule has 4 nitrogen and oxygen atoms in total. The summed E-state index contributed by atoms with van der Waals surface area (Å²) < 4.78 is 25.6. The summed E-state index contributed by atoms with van der Waals surface area (Å²) in [6.07, 6.45) is 1.46. The summed E-state index contributed by atoms with van der Waals surface area (Å²) in [5.74, 6) is 0. The standard InChI is InChI=1S/C11H17NO3S/c1-2-12-16(14,15)11-7-5-10(6-8-11)4-3-9-13/h5-8,12-13H,2-4,9H2,1H3. The van der Waals surface area contributed by atoms with Gasteiger partial charge in [0.15, 0.2) is 0 Å². The van der Waals surface area contributed by atoms with E-state index in [1.54, 1.807) is 31.2 Å². The van der Waals surface area contributed by atoms with Crippen molar-refractivity contribution in [2.24, 2.45) is 0 Å². The molecule has 0 aromatic heterocycles. The second-order valence-corrected chi connectivity index (χ2v) is 5.24. The molecule has 16 heavy (non-hydrogen) atoms. The van der Waals surface area contributed by atoms with E-state index in [1.165, 1.54) is 0 Å². The molecule has 90 valence electrons. The Morgan fingerprint density at radius 1 is 1.25 bits per heavy atom. The Morgan fingerprint density at radius 2 is 1.88 bits per heavy atom. The molecule has 0 saturated heterocycles. The Labute approximate surface area is 96.4 Å². The highest BCUT2D eigenvalue weighted by molar-refractivity contribution is 7.89. The van der Waals surface area contributed by atoms with E-state index >= 15 is 0 Å². The minimum absolute atomic E-state index is 0.150. The van der Waals surface area contributed by atoms with Crippen molar-refractivity contribution in [2.45, 2.75) is 24.7 Å². The van der Waals surface area contributed by atoms with E-state index in [0.717, 1.165) is 12.0 Å². The van der Waals surface area contributed by atoms with Gasteiger partial charge >= 0.3 is 0 Å². The predicted molar refractivity (Wildman–Crippen MR) is 62.7 cm³/mol. The molecule has 5 heteroatoms. The lowest BCUT2D eigenvalue weighted by Gasteiger charge is -2.05. The normalized spacial score (nSPS) is 11.6. The monoisotopic (exact) mass is 243 g/mol. The third-order valence-corrected chi connectivity index (χ3v) is 3.75. The van der Waals surface area contributed by atoms with Crippen LogP contribution in [0.15, 0.2) is 29.2 Å². The summed E-state index contributed by atoms with van der Waals surface area (Å²) in [6, 6.07) is 6.73. The molecular formula is C11H17NO3S. The van der Waals surface area contributed by atoms with Gasteiger partial charge in [0, 0.05) is 13.2 Å². The van der Waals surface area contributed by atoms with Gasteiger partial charge in [-0.05, 0) is 30.5 Å². The molecule has 0 aliphatic heterocycles. The first-order valence-corrected chi connectivity index (χ1v) is 6.78. The lowest BCUT2D eigenvalue weighted by atomic mass is 10.1. The number of aliphatic hydroxyl groups is 1. The SMILES string of the molecule is CCNS(=O)(=O)c1ccc(CCCO)cc1. The second-order valence-electron chi connectivity index (χ2n) is 3.47. The zero-order valence-electron chi connectivity index (χ0n) is 9.31. The molecular weight excluding hydrogens is 226 g/mol. The van der Waals surface area contributed by atoms with Gasteiger partial charge in [0.1, 0.15) is 0 Å². The van der Waals surface area contributed by atoms with Crippen molar-refractivity contribution in [1.29, 1.82) is 0 Å². The van der Waals surface area contributed by atoms with Crippen molar-refractivity contribution in [3.8, 4) is 0 Å². The largest absolute Gasteiger partial charge is 0.396 e. The van der Waals surface area contributed by atoms with Crippen molar-refractivity contribution in [2.75, 3.05) is 13.2 Å². The molecule has 0 fully saturated rings. The third-order valence-electron chi connectivity index (χ3n) is 2.19. The number of rotatable bonds is 6. The number of hydrogen-bond donors (Lipinski definition) is 2. The van der Waals surface area contributed by atoms with E-state index in [-0.39, 0.29) is 11.5 Å². The van der Waals surface area contributed by atoms with Crippen LogP contribution < -0.4 is 4.72 Å². The Kier molecular flexibility index (Phi) is 4.92. The molecule has 0 saturated carbocycles. The van der Waals surface area contributed by atoms with Crippen molar-refractivity contribution < 1.29 is 13.5 Å². The summed E-state index contributed by atoms with van der Waals surface area (Å²) >= 11 is 0. The predicted octanol–water partition coefficient (Wildman–Crippen LogP) is 0.910. The van der Waals surface area contributed by atoms with Crippen molar-refractivity contribution >= 4 is 10.0 Å².